The van der Waals surface area contributed by atoms with Crippen molar-refractivity contribution in [1.82, 2.24) is 4.90 Å². The summed E-state index contributed by atoms with van der Waals surface area (Å²) in [7, 11) is 4.25. The highest BCUT2D eigenvalue weighted by Gasteiger charge is 2.59. The zero-order valence-corrected chi connectivity index (χ0v) is 36.9. The molecule has 1 amide bonds. The Balaban J connectivity index is 0.00000451. The molecule has 0 spiro atoms. The highest BCUT2D eigenvalue weighted by molar-refractivity contribution is 8.76. The average molecular weight is 791 g/mol. The van der Waals surface area contributed by atoms with Gasteiger partial charge in [-0.15, -0.1) is 24.8 Å². The molecule has 0 heterocycles. The summed E-state index contributed by atoms with van der Waals surface area (Å²) in [4.78, 5) is 15.1. The third-order valence-electron chi connectivity index (χ3n) is 14.2. The van der Waals surface area contributed by atoms with E-state index in [9.17, 15) is 4.79 Å². The van der Waals surface area contributed by atoms with E-state index in [1.54, 1.807) is 0 Å². The molecule has 4 aliphatic rings. The summed E-state index contributed by atoms with van der Waals surface area (Å²) >= 11 is 0. The van der Waals surface area contributed by atoms with Crippen molar-refractivity contribution in [3.63, 3.8) is 0 Å². The standard InChI is InChI=1S/C43H79N3OS2.2ClH/c1-33(2)16-14-17-34(3)38-21-22-39-37-20-19-35-32-36(23-25-42(35,4)40(37)24-26-43(38,39)5)49-48-31-13-10-18-41(47)46(30-15-28-45)29-12-9-7-6-8-11-27-44;;/h19,33-34,36-40H,6-18,20-32,44-45H2,1-5H3;2*1H/t34?,36-,37-,38+,39-,40-,42-,43+;;/m0../s1. The minimum Gasteiger partial charge on any atom is -0.343 e. The summed E-state index contributed by atoms with van der Waals surface area (Å²) in [5, 5.41) is 0.765. The van der Waals surface area contributed by atoms with Gasteiger partial charge < -0.3 is 16.4 Å². The first-order valence-corrected chi connectivity index (χ1v) is 23.7. The van der Waals surface area contributed by atoms with E-state index >= 15 is 0 Å². The Labute approximate surface area is 336 Å². The molecule has 1 unspecified atom stereocenters. The van der Waals surface area contributed by atoms with Crippen LogP contribution >= 0.6 is 46.4 Å². The van der Waals surface area contributed by atoms with Gasteiger partial charge in [0.1, 0.15) is 0 Å². The van der Waals surface area contributed by atoms with Crippen molar-refractivity contribution in [2.45, 2.75) is 175 Å². The van der Waals surface area contributed by atoms with Crippen LogP contribution in [0.1, 0.15) is 169 Å². The molecule has 4 N–H and O–H groups in total. The quantitative estimate of drug-likeness (QED) is 0.0613. The molecule has 4 aliphatic carbocycles. The van der Waals surface area contributed by atoms with Gasteiger partial charge in [-0.3, -0.25) is 4.79 Å². The van der Waals surface area contributed by atoms with Gasteiger partial charge in [0.05, 0.1) is 0 Å². The SMILES string of the molecule is CC(C)CCCC(C)[C@H]1CC[C@H]2[C@@H]3CC=C4C[C@@H](SSCCCCC(=O)N(CCCN)CCCCCCCCN)CC[C@]4(C)[C@H]3CC[C@]12C.Cl.Cl. The number of allylic oxidation sites excluding steroid dienone is 2. The summed E-state index contributed by atoms with van der Waals surface area (Å²) < 4.78 is 0. The first-order valence-electron chi connectivity index (χ1n) is 21.3. The predicted octanol–water partition coefficient (Wildman–Crippen LogP) is 12.3. The number of hydrogen-bond donors (Lipinski definition) is 2. The molecule has 0 radical (unpaired) electrons. The third kappa shape index (κ3) is 13.3. The van der Waals surface area contributed by atoms with Crippen LogP contribution in [0.4, 0.5) is 0 Å². The zero-order chi connectivity index (χ0) is 35.3. The smallest absolute Gasteiger partial charge is 0.222 e. The first-order chi connectivity index (χ1) is 23.6. The number of carbonyl (C=O) groups is 1. The molecule has 4 nitrogen and oxygen atoms in total. The van der Waals surface area contributed by atoms with E-state index in [4.69, 9.17) is 11.5 Å². The molecule has 0 bridgehead atoms. The third-order valence-corrected chi connectivity index (χ3v) is 17.2. The van der Waals surface area contributed by atoms with E-state index < -0.39 is 0 Å². The molecule has 0 saturated heterocycles. The van der Waals surface area contributed by atoms with Crippen LogP contribution in [-0.4, -0.2) is 48.0 Å². The summed E-state index contributed by atoms with van der Waals surface area (Å²) in [5.41, 5.74) is 14.3. The first kappa shape index (κ1) is 47.6. The molecular weight excluding hydrogens is 710 g/mol. The van der Waals surface area contributed by atoms with Crippen molar-refractivity contribution in [1.29, 1.82) is 0 Å². The Kier molecular flexibility index (Phi) is 22.5. The second kappa shape index (κ2) is 24.1. The largest absolute Gasteiger partial charge is 0.343 e. The van der Waals surface area contributed by atoms with Gasteiger partial charge in [-0.25, -0.2) is 0 Å². The van der Waals surface area contributed by atoms with Crippen LogP contribution in [0.2, 0.25) is 0 Å². The van der Waals surface area contributed by atoms with Gasteiger partial charge in [0.15, 0.2) is 0 Å². The Bertz CT molecular complexity index is 1020. The molecule has 4 rings (SSSR count). The van der Waals surface area contributed by atoms with Crippen molar-refractivity contribution in [3.8, 4) is 0 Å². The highest BCUT2D eigenvalue weighted by atomic mass is 35.5. The fraction of sp³-hybridized carbons (Fsp3) is 0.930. The van der Waals surface area contributed by atoms with Crippen LogP contribution in [0, 0.1) is 46.3 Å². The van der Waals surface area contributed by atoms with Crippen molar-refractivity contribution < 1.29 is 4.79 Å². The van der Waals surface area contributed by atoms with Gasteiger partial charge in [-0.1, -0.05) is 113 Å². The number of rotatable bonds is 23. The lowest BCUT2D eigenvalue weighted by molar-refractivity contribution is -0.131. The van der Waals surface area contributed by atoms with Crippen LogP contribution in [0.15, 0.2) is 11.6 Å². The topological polar surface area (TPSA) is 72.3 Å². The fourth-order valence-electron chi connectivity index (χ4n) is 11.3. The fourth-order valence-corrected chi connectivity index (χ4v) is 14.1. The number of nitrogens with zero attached hydrogens (tertiary/aromatic N) is 1. The van der Waals surface area contributed by atoms with E-state index in [2.05, 4.69) is 67.2 Å². The molecular formula is C43H81Cl2N3OS2. The monoisotopic (exact) mass is 790 g/mol. The summed E-state index contributed by atoms with van der Waals surface area (Å²) in [6.45, 7) is 16.0. The molecule has 300 valence electrons. The van der Waals surface area contributed by atoms with Gasteiger partial charge in [0.25, 0.3) is 0 Å². The van der Waals surface area contributed by atoms with E-state index in [0.29, 0.717) is 29.7 Å². The number of amides is 1. The minimum absolute atomic E-state index is 0. The van der Waals surface area contributed by atoms with Crippen LogP contribution in [0.25, 0.3) is 0 Å². The summed E-state index contributed by atoms with van der Waals surface area (Å²) in [5.74, 6) is 7.01. The summed E-state index contributed by atoms with van der Waals surface area (Å²) in [6, 6.07) is 0. The molecule has 0 aromatic heterocycles. The number of hydrogen-bond acceptors (Lipinski definition) is 5. The lowest BCUT2D eigenvalue weighted by atomic mass is 9.47. The van der Waals surface area contributed by atoms with Gasteiger partial charge >= 0.3 is 0 Å². The number of carbonyl (C=O) groups excluding carboxylic acids is 1. The van der Waals surface area contributed by atoms with Crippen LogP contribution in [0.5, 0.6) is 0 Å². The second-order valence-electron chi connectivity index (χ2n) is 18.0. The molecule has 51 heavy (non-hydrogen) atoms. The summed E-state index contributed by atoms with van der Waals surface area (Å²) in [6.07, 6.45) is 29.4. The minimum atomic E-state index is 0. The van der Waals surface area contributed by atoms with Crippen LogP contribution in [0.3, 0.4) is 0 Å². The predicted molar refractivity (Wildman–Crippen MR) is 232 cm³/mol. The number of unbranched alkanes of at least 4 members (excludes halogenated alkanes) is 6. The molecule has 8 heteroatoms. The Hall–Kier alpha value is 0.410. The van der Waals surface area contributed by atoms with Crippen molar-refractivity contribution in [3.05, 3.63) is 11.6 Å². The number of nitrogens with two attached hydrogens (primary N) is 2. The number of halogens is 2. The van der Waals surface area contributed by atoms with Gasteiger partial charge in [0, 0.05) is 30.5 Å². The Morgan fingerprint density at radius 2 is 1.53 bits per heavy atom. The highest BCUT2D eigenvalue weighted by Crippen LogP contribution is 2.67. The molecule has 3 fully saturated rings. The maximum Gasteiger partial charge on any atom is 0.222 e. The number of fused-ring (bicyclic) bond motifs is 5. The maximum atomic E-state index is 13.0. The molecule has 0 aromatic carbocycles. The van der Waals surface area contributed by atoms with E-state index in [1.165, 1.54) is 102 Å². The van der Waals surface area contributed by atoms with Crippen molar-refractivity contribution >= 4 is 52.3 Å². The molecule has 8 atom stereocenters. The lowest BCUT2D eigenvalue weighted by Crippen LogP contribution is -2.50. The van der Waals surface area contributed by atoms with Crippen molar-refractivity contribution in [2.75, 3.05) is 31.9 Å². The van der Waals surface area contributed by atoms with Gasteiger partial charge in [0.2, 0.25) is 5.91 Å². The average Bonchev–Trinajstić information content (AvgIpc) is 3.44. The van der Waals surface area contributed by atoms with E-state index in [1.807, 2.05) is 5.57 Å². The maximum absolute atomic E-state index is 13.0. The second-order valence-corrected chi connectivity index (χ2v) is 20.8. The van der Waals surface area contributed by atoms with Gasteiger partial charge in [-0.05, 0) is 143 Å². The van der Waals surface area contributed by atoms with Gasteiger partial charge in [-0.2, -0.15) is 0 Å². The van der Waals surface area contributed by atoms with Crippen LogP contribution in [-0.2, 0) is 4.79 Å². The Morgan fingerprint density at radius 3 is 2.25 bits per heavy atom. The molecule has 0 aliphatic heterocycles. The van der Waals surface area contributed by atoms with Crippen LogP contribution < -0.4 is 11.5 Å². The normalized spacial score (nSPS) is 30.4. The van der Waals surface area contributed by atoms with Crippen molar-refractivity contribution in [2.24, 2.45) is 57.8 Å². The lowest BCUT2D eigenvalue weighted by Gasteiger charge is -2.58. The zero-order valence-electron chi connectivity index (χ0n) is 33.6. The molecule has 3 saturated carbocycles. The van der Waals surface area contributed by atoms with E-state index in [0.717, 1.165) is 92.5 Å². The Morgan fingerprint density at radius 1 is 0.824 bits per heavy atom. The van der Waals surface area contributed by atoms with E-state index in [-0.39, 0.29) is 24.8 Å². The molecule has 0 aromatic rings.